The third-order valence-electron chi connectivity index (χ3n) is 5.50. The molecule has 4 heteroatoms. The van der Waals surface area contributed by atoms with Crippen LogP contribution in [0.25, 0.3) is 0 Å². The van der Waals surface area contributed by atoms with Crippen LogP contribution in [0.4, 0.5) is 0 Å². The smallest absolute Gasteiger partial charge is 0.260 e. The number of amides is 1. The van der Waals surface area contributed by atoms with Crippen molar-refractivity contribution in [2.75, 3.05) is 39.3 Å². The van der Waals surface area contributed by atoms with Gasteiger partial charge in [-0.05, 0) is 36.0 Å². The van der Waals surface area contributed by atoms with E-state index in [1.807, 2.05) is 41.3 Å². The molecule has 142 valence electrons. The Morgan fingerprint density at radius 1 is 0.926 bits per heavy atom. The summed E-state index contributed by atoms with van der Waals surface area (Å²) in [4.78, 5) is 17.0. The van der Waals surface area contributed by atoms with Gasteiger partial charge in [0.05, 0.1) is 0 Å². The lowest BCUT2D eigenvalue weighted by Crippen LogP contribution is -2.50. The molecule has 4 nitrogen and oxygen atoms in total. The third-order valence-corrected chi connectivity index (χ3v) is 5.50. The van der Waals surface area contributed by atoms with E-state index in [4.69, 9.17) is 4.74 Å². The summed E-state index contributed by atoms with van der Waals surface area (Å²) in [6.07, 6.45) is 3.58. The first kappa shape index (κ1) is 18.1. The molecular weight excluding hydrogens is 336 g/mol. The summed E-state index contributed by atoms with van der Waals surface area (Å²) in [7, 11) is 0. The fraction of sp³-hybridized carbons (Fsp3) is 0.435. The van der Waals surface area contributed by atoms with E-state index in [1.165, 1.54) is 24.9 Å². The van der Waals surface area contributed by atoms with Crippen LogP contribution in [0.1, 0.15) is 24.0 Å². The van der Waals surface area contributed by atoms with E-state index in [-0.39, 0.29) is 12.5 Å². The van der Waals surface area contributed by atoms with Crippen molar-refractivity contribution in [2.45, 2.75) is 19.3 Å². The Kier molecular flexibility index (Phi) is 5.73. The number of para-hydroxylation sites is 1. The molecule has 2 aliphatic rings. The molecule has 1 aliphatic carbocycles. The molecule has 0 atom stereocenters. The zero-order valence-corrected chi connectivity index (χ0v) is 15.8. The molecule has 2 aromatic carbocycles. The van der Waals surface area contributed by atoms with E-state index in [0.29, 0.717) is 0 Å². The molecule has 0 aromatic heterocycles. The average Bonchev–Trinajstić information content (AvgIpc) is 3.52. The highest BCUT2D eigenvalue weighted by Gasteiger charge is 2.27. The lowest BCUT2D eigenvalue weighted by molar-refractivity contribution is -0.135. The molecule has 2 fully saturated rings. The minimum Gasteiger partial charge on any atom is -0.483 e. The highest BCUT2D eigenvalue weighted by Crippen LogP contribution is 2.30. The number of hydrogen-bond acceptors (Lipinski definition) is 3. The molecule has 1 saturated heterocycles. The molecule has 1 amide bonds. The zero-order chi connectivity index (χ0) is 18.5. The van der Waals surface area contributed by atoms with Crippen molar-refractivity contribution in [1.82, 2.24) is 9.80 Å². The van der Waals surface area contributed by atoms with Crippen LogP contribution in [0.2, 0.25) is 0 Å². The van der Waals surface area contributed by atoms with Crippen molar-refractivity contribution < 1.29 is 9.53 Å². The van der Waals surface area contributed by atoms with Crippen molar-refractivity contribution in [2.24, 2.45) is 5.92 Å². The van der Waals surface area contributed by atoms with Gasteiger partial charge in [0.15, 0.2) is 6.61 Å². The first-order valence-corrected chi connectivity index (χ1v) is 10.0. The quantitative estimate of drug-likeness (QED) is 0.756. The fourth-order valence-corrected chi connectivity index (χ4v) is 3.68. The Labute approximate surface area is 161 Å². The molecule has 0 N–H and O–H groups in total. The number of carbonyl (C=O) groups excluding carboxylic acids is 1. The number of nitrogens with zero attached hydrogens (tertiary/aromatic N) is 2. The van der Waals surface area contributed by atoms with Gasteiger partial charge in [-0.2, -0.15) is 0 Å². The maximum absolute atomic E-state index is 12.6. The van der Waals surface area contributed by atoms with Crippen LogP contribution in [0.3, 0.4) is 0 Å². The minimum absolute atomic E-state index is 0.0931. The topological polar surface area (TPSA) is 32.8 Å². The molecular formula is C23H28N2O2. The van der Waals surface area contributed by atoms with Gasteiger partial charge >= 0.3 is 0 Å². The van der Waals surface area contributed by atoms with Crippen LogP contribution < -0.4 is 4.74 Å². The maximum atomic E-state index is 12.6. The Hall–Kier alpha value is -2.33. The maximum Gasteiger partial charge on any atom is 0.260 e. The van der Waals surface area contributed by atoms with Crippen LogP contribution in [-0.4, -0.2) is 55.0 Å². The molecule has 1 heterocycles. The Morgan fingerprint density at radius 3 is 2.37 bits per heavy atom. The van der Waals surface area contributed by atoms with Crippen LogP contribution in [0, 0.1) is 5.92 Å². The van der Waals surface area contributed by atoms with Gasteiger partial charge in [0.2, 0.25) is 0 Å². The lowest BCUT2D eigenvalue weighted by atomic mass is 10.0. The fourth-order valence-electron chi connectivity index (χ4n) is 3.68. The Balaban J connectivity index is 1.29. The highest BCUT2D eigenvalue weighted by molar-refractivity contribution is 5.78. The highest BCUT2D eigenvalue weighted by atomic mass is 16.5. The molecule has 27 heavy (non-hydrogen) atoms. The molecule has 1 saturated carbocycles. The largest absolute Gasteiger partial charge is 0.483 e. The molecule has 0 spiro atoms. The van der Waals surface area contributed by atoms with Crippen LogP contribution in [-0.2, 0) is 11.2 Å². The molecule has 0 unspecified atom stereocenters. The Morgan fingerprint density at radius 2 is 1.63 bits per heavy atom. The van der Waals surface area contributed by atoms with Crippen LogP contribution >= 0.6 is 0 Å². The summed E-state index contributed by atoms with van der Waals surface area (Å²) in [5.74, 6) is 1.81. The van der Waals surface area contributed by atoms with Crippen LogP contribution in [0.15, 0.2) is 54.6 Å². The number of hydrogen-bond donors (Lipinski definition) is 0. The predicted molar refractivity (Wildman–Crippen MR) is 107 cm³/mol. The summed E-state index contributed by atoms with van der Waals surface area (Å²) in [6.45, 7) is 4.96. The normalized spacial score (nSPS) is 17.7. The second kappa shape index (κ2) is 8.57. The first-order chi connectivity index (χ1) is 13.3. The van der Waals surface area contributed by atoms with Gasteiger partial charge in [0.1, 0.15) is 5.75 Å². The van der Waals surface area contributed by atoms with Crippen molar-refractivity contribution >= 4 is 5.91 Å². The van der Waals surface area contributed by atoms with Crippen molar-refractivity contribution in [3.8, 4) is 5.75 Å². The first-order valence-electron chi connectivity index (χ1n) is 10.0. The molecule has 4 rings (SSSR count). The molecule has 0 bridgehead atoms. The van der Waals surface area contributed by atoms with Gasteiger partial charge in [0, 0.05) is 39.1 Å². The summed E-state index contributed by atoms with van der Waals surface area (Å²) < 4.78 is 5.92. The number of carbonyl (C=O) groups is 1. The van der Waals surface area contributed by atoms with E-state index >= 15 is 0 Å². The van der Waals surface area contributed by atoms with E-state index in [2.05, 4.69) is 23.1 Å². The minimum atomic E-state index is 0.0931. The summed E-state index contributed by atoms with van der Waals surface area (Å²) in [5, 5.41) is 0. The van der Waals surface area contributed by atoms with Crippen molar-refractivity contribution in [3.05, 3.63) is 65.7 Å². The molecule has 1 aliphatic heterocycles. The summed E-state index contributed by atoms with van der Waals surface area (Å²) in [6, 6.07) is 18.4. The number of ether oxygens (including phenoxy) is 1. The summed E-state index contributed by atoms with van der Waals surface area (Å²) in [5.41, 5.74) is 2.36. The predicted octanol–water partition coefficient (Wildman–Crippen LogP) is 3.21. The summed E-state index contributed by atoms with van der Waals surface area (Å²) >= 11 is 0. The SMILES string of the molecule is O=C(COc1ccccc1Cc1ccccc1)N1CCN(CC2CC2)CC1. The average molecular weight is 364 g/mol. The van der Waals surface area contributed by atoms with Gasteiger partial charge in [0.25, 0.3) is 5.91 Å². The van der Waals surface area contributed by atoms with Gasteiger partial charge in [-0.15, -0.1) is 0 Å². The van der Waals surface area contributed by atoms with E-state index in [9.17, 15) is 4.79 Å². The van der Waals surface area contributed by atoms with E-state index in [0.717, 1.165) is 49.8 Å². The number of piperazine rings is 1. The zero-order valence-electron chi connectivity index (χ0n) is 15.8. The van der Waals surface area contributed by atoms with Crippen molar-refractivity contribution in [1.29, 1.82) is 0 Å². The standard InChI is InChI=1S/C23H28N2O2/c26-23(25-14-12-24(13-15-25)17-20-10-11-20)18-27-22-9-5-4-8-21(22)16-19-6-2-1-3-7-19/h1-9,20H,10-18H2. The van der Waals surface area contributed by atoms with E-state index < -0.39 is 0 Å². The lowest BCUT2D eigenvalue weighted by Gasteiger charge is -2.34. The van der Waals surface area contributed by atoms with Gasteiger partial charge in [-0.3, -0.25) is 9.69 Å². The second-order valence-corrected chi connectivity index (χ2v) is 7.68. The molecule has 2 aromatic rings. The molecule has 0 radical (unpaired) electrons. The third kappa shape index (κ3) is 5.10. The number of benzene rings is 2. The van der Waals surface area contributed by atoms with Gasteiger partial charge in [-0.1, -0.05) is 48.5 Å². The van der Waals surface area contributed by atoms with E-state index in [1.54, 1.807) is 0 Å². The monoisotopic (exact) mass is 364 g/mol. The van der Waals surface area contributed by atoms with Gasteiger partial charge in [-0.25, -0.2) is 0 Å². The van der Waals surface area contributed by atoms with Crippen LogP contribution in [0.5, 0.6) is 5.75 Å². The number of rotatable bonds is 7. The van der Waals surface area contributed by atoms with Gasteiger partial charge < -0.3 is 9.64 Å². The Bertz CT molecular complexity index is 750. The van der Waals surface area contributed by atoms with Crippen molar-refractivity contribution in [3.63, 3.8) is 0 Å². The second-order valence-electron chi connectivity index (χ2n) is 7.68.